The van der Waals surface area contributed by atoms with E-state index in [2.05, 4.69) is 32.9 Å². The lowest BCUT2D eigenvalue weighted by atomic mass is 9.87. The van der Waals surface area contributed by atoms with Crippen molar-refractivity contribution >= 4 is 11.8 Å². The van der Waals surface area contributed by atoms with Gasteiger partial charge in [0.05, 0.1) is 6.61 Å². The maximum absolute atomic E-state index is 8.65. The molecule has 1 rings (SSSR count). The van der Waals surface area contributed by atoms with E-state index in [-0.39, 0.29) is 12.0 Å². The Morgan fingerprint density at radius 1 is 1.11 bits per heavy atom. The molecule has 3 heteroatoms. The number of ether oxygens (including phenoxy) is 1. The largest absolute Gasteiger partial charge is 0.493 e. The van der Waals surface area contributed by atoms with Gasteiger partial charge in [0.25, 0.3) is 0 Å². The Hall–Kier alpha value is -0.670. The highest BCUT2D eigenvalue weighted by Gasteiger charge is 2.12. The Bertz CT molecular complexity index is 327. The highest BCUT2D eigenvalue weighted by molar-refractivity contribution is 7.99. The minimum Gasteiger partial charge on any atom is -0.493 e. The molecule has 0 saturated heterocycles. The van der Waals surface area contributed by atoms with Crippen LogP contribution in [-0.4, -0.2) is 29.8 Å². The van der Waals surface area contributed by atoms with Crippen molar-refractivity contribution in [3.8, 4) is 5.75 Å². The zero-order chi connectivity index (χ0) is 13.4. The standard InChI is InChI=1S/C15H24O2S/c1-15(2,3)13-5-7-14(8-6-13)17-10-12-18-11-4-9-16/h5-8,16H,4,9-12H2,1-3H3. The lowest BCUT2D eigenvalue weighted by molar-refractivity contribution is 0.296. The fourth-order valence-corrected chi connectivity index (χ4v) is 2.28. The minimum atomic E-state index is 0.193. The first kappa shape index (κ1) is 15.4. The summed E-state index contributed by atoms with van der Waals surface area (Å²) in [5.74, 6) is 2.91. The summed E-state index contributed by atoms with van der Waals surface area (Å²) in [6.07, 6.45) is 0.866. The fourth-order valence-electron chi connectivity index (χ4n) is 1.54. The molecule has 0 saturated carbocycles. The van der Waals surface area contributed by atoms with Gasteiger partial charge in [-0.15, -0.1) is 0 Å². The molecule has 0 amide bonds. The highest BCUT2D eigenvalue weighted by atomic mass is 32.2. The van der Waals surface area contributed by atoms with E-state index in [0.29, 0.717) is 0 Å². The number of hydrogen-bond donors (Lipinski definition) is 1. The summed E-state index contributed by atoms with van der Waals surface area (Å²) in [5.41, 5.74) is 1.52. The predicted octanol–water partition coefficient (Wildman–Crippen LogP) is 3.48. The average molecular weight is 268 g/mol. The molecule has 2 nitrogen and oxygen atoms in total. The van der Waals surface area contributed by atoms with Crippen molar-refractivity contribution in [1.29, 1.82) is 0 Å². The second-order valence-corrected chi connectivity index (χ2v) is 6.54. The number of aliphatic hydroxyl groups is 1. The molecule has 0 aliphatic heterocycles. The minimum absolute atomic E-state index is 0.193. The summed E-state index contributed by atoms with van der Waals surface area (Å²) in [5, 5.41) is 8.65. The normalized spacial score (nSPS) is 11.6. The molecular formula is C15H24O2S. The van der Waals surface area contributed by atoms with Gasteiger partial charge in [-0.1, -0.05) is 32.9 Å². The van der Waals surface area contributed by atoms with Gasteiger partial charge in [0, 0.05) is 12.4 Å². The highest BCUT2D eigenvalue weighted by Crippen LogP contribution is 2.24. The van der Waals surface area contributed by atoms with E-state index < -0.39 is 0 Å². The van der Waals surface area contributed by atoms with Crippen LogP contribution in [0.4, 0.5) is 0 Å². The lowest BCUT2D eigenvalue weighted by Gasteiger charge is -2.19. The van der Waals surface area contributed by atoms with Crippen LogP contribution in [0.3, 0.4) is 0 Å². The van der Waals surface area contributed by atoms with Gasteiger partial charge in [-0.25, -0.2) is 0 Å². The quantitative estimate of drug-likeness (QED) is 0.768. The molecule has 0 heterocycles. The SMILES string of the molecule is CC(C)(C)c1ccc(OCCSCCCO)cc1. The fraction of sp³-hybridized carbons (Fsp3) is 0.600. The van der Waals surface area contributed by atoms with Crippen LogP contribution in [0.15, 0.2) is 24.3 Å². The van der Waals surface area contributed by atoms with Crippen LogP contribution in [0.2, 0.25) is 0 Å². The van der Waals surface area contributed by atoms with Gasteiger partial charge in [0.1, 0.15) is 5.75 Å². The zero-order valence-corrected chi connectivity index (χ0v) is 12.4. The van der Waals surface area contributed by atoms with Crippen molar-refractivity contribution in [3.63, 3.8) is 0 Å². The molecule has 0 radical (unpaired) electrons. The molecule has 1 aromatic carbocycles. The van der Waals surface area contributed by atoms with Gasteiger partial charge < -0.3 is 9.84 Å². The molecule has 102 valence electrons. The lowest BCUT2D eigenvalue weighted by Crippen LogP contribution is -2.10. The zero-order valence-electron chi connectivity index (χ0n) is 11.6. The van der Waals surface area contributed by atoms with E-state index in [1.54, 1.807) is 0 Å². The van der Waals surface area contributed by atoms with Gasteiger partial charge in [-0.2, -0.15) is 11.8 Å². The molecule has 0 aromatic heterocycles. The van der Waals surface area contributed by atoms with Crippen LogP contribution < -0.4 is 4.74 Å². The Kier molecular flexibility index (Phi) is 6.58. The number of benzene rings is 1. The Morgan fingerprint density at radius 3 is 2.33 bits per heavy atom. The van der Waals surface area contributed by atoms with E-state index in [1.165, 1.54) is 5.56 Å². The molecule has 0 aliphatic rings. The third kappa shape index (κ3) is 5.78. The topological polar surface area (TPSA) is 29.5 Å². The Morgan fingerprint density at radius 2 is 1.78 bits per heavy atom. The number of rotatable bonds is 7. The van der Waals surface area contributed by atoms with Crippen molar-refractivity contribution in [2.75, 3.05) is 24.7 Å². The third-order valence-electron chi connectivity index (χ3n) is 2.66. The monoisotopic (exact) mass is 268 g/mol. The summed E-state index contributed by atoms with van der Waals surface area (Å²) in [7, 11) is 0. The number of hydrogen-bond acceptors (Lipinski definition) is 3. The maximum Gasteiger partial charge on any atom is 0.119 e. The first-order valence-corrected chi connectivity index (χ1v) is 7.61. The van der Waals surface area contributed by atoms with Crippen LogP contribution in [0.5, 0.6) is 5.75 Å². The molecule has 0 aliphatic carbocycles. The summed E-state index contributed by atoms with van der Waals surface area (Å²) in [6, 6.07) is 8.35. The van der Waals surface area contributed by atoms with Crippen molar-refractivity contribution in [3.05, 3.63) is 29.8 Å². The second kappa shape index (κ2) is 7.70. The van der Waals surface area contributed by atoms with Crippen LogP contribution in [0.1, 0.15) is 32.8 Å². The molecule has 0 atom stereocenters. The van der Waals surface area contributed by atoms with Crippen LogP contribution in [-0.2, 0) is 5.41 Å². The van der Waals surface area contributed by atoms with Crippen molar-refractivity contribution in [2.45, 2.75) is 32.6 Å². The Balaban J connectivity index is 2.27. The first-order chi connectivity index (χ1) is 8.54. The van der Waals surface area contributed by atoms with Gasteiger partial charge in [0.15, 0.2) is 0 Å². The van der Waals surface area contributed by atoms with E-state index in [1.807, 2.05) is 23.9 Å². The number of thioether (sulfide) groups is 1. The van der Waals surface area contributed by atoms with Crippen LogP contribution >= 0.6 is 11.8 Å². The van der Waals surface area contributed by atoms with Gasteiger partial charge in [-0.05, 0) is 35.3 Å². The van der Waals surface area contributed by atoms with Crippen LogP contribution in [0.25, 0.3) is 0 Å². The maximum atomic E-state index is 8.65. The summed E-state index contributed by atoms with van der Waals surface area (Å²) < 4.78 is 5.67. The van der Waals surface area contributed by atoms with E-state index in [0.717, 1.165) is 30.3 Å². The van der Waals surface area contributed by atoms with Crippen molar-refractivity contribution in [1.82, 2.24) is 0 Å². The number of aliphatic hydroxyl groups excluding tert-OH is 1. The van der Waals surface area contributed by atoms with Gasteiger partial charge in [0.2, 0.25) is 0 Å². The van der Waals surface area contributed by atoms with E-state index in [9.17, 15) is 0 Å². The van der Waals surface area contributed by atoms with Gasteiger partial charge in [-0.3, -0.25) is 0 Å². The molecule has 1 aromatic rings. The molecule has 18 heavy (non-hydrogen) atoms. The summed E-state index contributed by atoms with van der Waals surface area (Å²) >= 11 is 1.82. The average Bonchev–Trinajstić information content (AvgIpc) is 2.33. The van der Waals surface area contributed by atoms with Crippen molar-refractivity contribution in [2.24, 2.45) is 0 Å². The third-order valence-corrected chi connectivity index (χ3v) is 3.70. The molecule has 0 unspecified atom stereocenters. The predicted molar refractivity (Wildman–Crippen MR) is 79.7 cm³/mol. The van der Waals surface area contributed by atoms with Crippen molar-refractivity contribution < 1.29 is 9.84 Å². The molecule has 1 N–H and O–H groups in total. The molecule has 0 spiro atoms. The molecular weight excluding hydrogens is 244 g/mol. The Labute approximate surface area is 115 Å². The second-order valence-electron chi connectivity index (χ2n) is 5.31. The first-order valence-electron chi connectivity index (χ1n) is 6.46. The smallest absolute Gasteiger partial charge is 0.119 e. The summed E-state index contributed by atoms with van der Waals surface area (Å²) in [4.78, 5) is 0. The van der Waals surface area contributed by atoms with Crippen LogP contribution in [0, 0.1) is 0 Å². The van der Waals surface area contributed by atoms with E-state index in [4.69, 9.17) is 9.84 Å². The van der Waals surface area contributed by atoms with E-state index >= 15 is 0 Å². The molecule has 0 fully saturated rings. The molecule has 0 bridgehead atoms. The summed E-state index contributed by atoms with van der Waals surface area (Å²) in [6.45, 7) is 7.63. The van der Waals surface area contributed by atoms with Gasteiger partial charge >= 0.3 is 0 Å².